The van der Waals surface area contributed by atoms with E-state index in [4.69, 9.17) is 4.74 Å². The van der Waals surface area contributed by atoms with Crippen LogP contribution in [0.2, 0.25) is 0 Å². The van der Waals surface area contributed by atoms with E-state index in [0.717, 1.165) is 12.3 Å². The minimum absolute atomic E-state index is 0.0359. The van der Waals surface area contributed by atoms with Gasteiger partial charge in [-0.25, -0.2) is 9.67 Å². The zero-order chi connectivity index (χ0) is 14.8. The molecule has 0 N–H and O–H groups in total. The maximum atomic E-state index is 12.6. The molecule has 0 unspecified atom stereocenters. The molecule has 0 aliphatic carbocycles. The minimum atomic E-state index is -5.08. The minimum Gasteiger partial charge on any atom is -0.484 e. The normalized spacial score (nSPS) is 11.9. The monoisotopic (exact) mass is 285 g/mol. The fourth-order valence-corrected chi connectivity index (χ4v) is 1.65. The summed E-state index contributed by atoms with van der Waals surface area (Å²) in [4.78, 5) is 7.55. The zero-order valence-electron chi connectivity index (χ0n) is 11.0. The van der Waals surface area contributed by atoms with Crippen LogP contribution in [0.25, 0.3) is 0 Å². The van der Waals surface area contributed by atoms with E-state index in [-0.39, 0.29) is 18.4 Å². The smallest absolute Gasteiger partial charge is 0.484 e. The Hall–Kier alpha value is -2.06. The molecule has 0 radical (unpaired) electrons. The molecule has 0 aliphatic heterocycles. The van der Waals surface area contributed by atoms with Crippen LogP contribution < -0.4 is 10.2 Å². The quantitative estimate of drug-likeness (QED) is 0.787. The van der Waals surface area contributed by atoms with Crippen LogP contribution in [0.5, 0.6) is 5.75 Å². The zero-order valence-corrected chi connectivity index (χ0v) is 11.0. The summed E-state index contributed by atoms with van der Waals surface area (Å²) in [6.45, 7) is -1.20. The van der Waals surface area contributed by atoms with E-state index >= 15 is 0 Å². The van der Waals surface area contributed by atoms with Crippen molar-refractivity contribution in [2.24, 2.45) is 0 Å². The molecule has 0 amide bonds. The number of hydrogen-bond donors (Lipinski definition) is 0. The molecule has 0 saturated carbocycles. The Morgan fingerprint density at radius 1 is 1.30 bits per heavy atom. The summed E-state index contributed by atoms with van der Waals surface area (Å²) in [5.74, 6) is 0.600. The summed E-state index contributed by atoms with van der Waals surface area (Å²) in [5.41, 5.74) is -0.784. The van der Waals surface area contributed by atoms with E-state index in [1.807, 2.05) is 13.8 Å². The van der Waals surface area contributed by atoms with Crippen LogP contribution in [0.4, 0.5) is 12.9 Å². The van der Waals surface area contributed by atoms with Crippen LogP contribution in [0.15, 0.2) is 24.8 Å². The van der Waals surface area contributed by atoms with Gasteiger partial charge in [-0.15, -0.1) is 0 Å². The van der Waals surface area contributed by atoms with Crippen molar-refractivity contribution in [2.75, 3.05) is 0 Å². The third-order valence-electron chi connectivity index (χ3n) is 2.62. The predicted molar refractivity (Wildman–Crippen MR) is 67.7 cm³/mol. The largest absolute Gasteiger partial charge is 0.511 e. The third kappa shape index (κ3) is 3.28. The van der Waals surface area contributed by atoms with E-state index in [1.165, 1.54) is 12.5 Å². The van der Waals surface area contributed by atoms with Gasteiger partial charge >= 0.3 is 6.98 Å². The van der Waals surface area contributed by atoms with Gasteiger partial charge in [-0.3, -0.25) is 4.98 Å². The van der Waals surface area contributed by atoms with Gasteiger partial charge in [0.2, 0.25) is 0 Å². The molecule has 0 saturated heterocycles. The molecule has 108 valence electrons. The molecule has 2 aromatic rings. The lowest BCUT2D eigenvalue weighted by Crippen LogP contribution is -2.34. The summed E-state index contributed by atoms with van der Waals surface area (Å²) in [6, 6.07) is 1.03. The van der Waals surface area contributed by atoms with Crippen molar-refractivity contribution in [2.45, 2.75) is 26.5 Å². The van der Waals surface area contributed by atoms with E-state index in [1.54, 1.807) is 4.68 Å². The van der Waals surface area contributed by atoms with Crippen LogP contribution in [0.3, 0.4) is 0 Å². The Labute approximate surface area is 113 Å². The van der Waals surface area contributed by atoms with Gasteiger partial charge in [0.1, 0.15) is 18.7 Å². The van der Waals surface area contributed by atoms with Crippen molar-refractivity contribution in [1.82, 2.24) is 19.7 Å². The summed E-state index contributed by atoms with van der Waals surface area (Å²) < 4.78 is 44.7. The lowest BCUT2D eigenvalue weighted by atomic mass is 9.81. The molecular formula is C11H13BF3N4O-. The number of aromatic nitrogens is 4. The van der Waals surface area contributed by atoms with Crippen molar-refractivity contribution in [3.05, 3.63) is 30.6 Å². The SMILES string of the molecule is CC(C)n1ncnc1COc1cncc([B-](F)(F)F)c1. The van der Waals surface area contributed by atoms with E-state index in [2.05, 4.69) is 15.1 Å². The van der Waals surface area contributed by atoms with Crippen LogP contribution in [0.1, 0.15) is 25.7 Å². The molecule has 2 heterocycles. The van der Waals surface area contributed by atoms with Gasteiger partial charge in [-0.05, 0) is 19.9 Å². The lowest BCUT2D eigenvalue weighted by Gasteiger charge is -2.15. The summed E-state index contributed by atoms with van der Waals surface area (Å²) in [6.07, 6.45) is 3.40. The molecule has 0 bridgehead atoms. The number of nitrogens with zero attached hydrogens (tertiary/aromatic N) is 4. The fourth-order valence-electron chi connectivity index (χ4n) is 1.65. The van der Waals surface area contributed by atoms with Gasteiger partial charge in [-0.1, -0.05) is 5.46 Å². The van der Waals surface area contributed by atoms with Crippen LogP contribution in [0, 0.1) is 0 Å². The van der Waals surface area contributed by atoms with Crippen molar-refractivity contribution in [3.8, 4) is 5.75 Å². The second-order valence-corrected chi connectivity index (χ2v) is 4.53. The van der Waals surface area contributed by atoms with Crippen LogP contribution in [-0.2, 0) is 6.61 Å². The lowest BCUT2D eigenvalue weighted by molar-refractivity contribution is 0.281. The van der Waals surface area contributed by atoms with Gasteiger partial charge < -0.3 is 17.7 Å². The topological polar surface area (TPSA) is 52.8 Å². The maximum Gasteiger partial charge on any atom is 0.511 e. The maximum absolute atomic E-state index is 12.6. The summed E-state index contributed by atoms with van der Waals surface area (Å²) >= 11 is 0. The third-order valence-corrected chi connectivity index (χ3v) is 2.62. The van der Waals surface area contributed by atoms with Crippen molar-refractivity contribution >= 4 is 12.4 Å². The molecule has 20 heavy (non-hydrogen) atoms. The Kier molecular flexibility index (Phi) is 3.96. The molecule has 2 aromatic heterocycles. The van der Waals surface area contributed by atoms with E-state index in [0.29, 0.717) is 5.82 Å². The highest BCUT2D eigenvalue weighted by molar-refractivity contribution is 6.73. The number of rotatable bonds is 5. The Balaban J connectivity index is 2.09. The number of hydrogen-bond acceptors (Lipinski definition) is 4. The van der Waals surface area contributed by atoms with E-state index in [9.17, 15) is 12.9 Å². The molecule has 2 rings (SSSR count). The molecule has 0 spiro atoms. The van der Waals surface area contributed by atoms with Gasteiger partial charge in [-0.2, -0.15) is 5.10 Å². The Morgan fingerprint density at radius 3 is 2.70 bits per heavy atom. The predicted octanol–water partition coefficient (Wildman–Crippen LogP) is 1.89. The highest BCUT2D eigenvalue weighted by Gasteiger charge is 2.26. The molecule has 0 aromatic carbocycles. The first-order chi connectivity index (χ1) is 9.38. The average molecular weight is 285 g/mol. The average Bonchev–Trinajstić information content (AvgIpc) is 2.84. The van der Waals surface area contributed by atoms with Crippen LogP contribution in [-0.4, -0.2) is 26.7 Å². The number of pyridine rings is 1. The van der Waals surface area contributed by atoms with Crippen LogP contribution >= 0.6 is 0 Å². The highest BCUT2D eigenvalue weighted by atomic mass is 19.4. The second-order valence-electron chi connectivity index (χ2n) is 4.53. The standard InChI is InChI=1S/C11H13BF3N4O/c1-8(2)19-11(17-7-18-19)6-20-10-3-9(4-16-5-10)12(13,14)15/h3-5,7-8H,6H2,1-2H3/q-1. The Morgan fingerprint density at radius 2 is 2.05 bits per heavy atom. The fraction of sp³-hybridized carbons (Fsp3) is 0.364. The molecular weight excluding hydrogens is 272 g/mol. The van der Waals surface area contributed by atoms with Gasteiger partial charge in [0.15, 0.2) is 5.82 Å². The van der Waals surface area contributed by atoms with Crippen molar-refractivity contribution < 1.29 is 17.7 Å². The first-order valence-corrected chi connectivity index (χ1v) is 6.04. The molecule has 0 aliphatic rings. The van der Waals surface area contributed by atoms with Crippen molar-refractivity contribution in [1.29, 1.82) is 0 Å². The number of ether oxygens (including phenoxy) is 1. The summed E-state index contributed by atoms with van der Waals surface area (Å²) in [5, 5.41) is 4.02. The van der Waals surface area contributed by atoms with E-state index < -0.39 is 12.4 Å². The van der Waals surface area contributed by atoms with Gasteiger partial charge in [0.25, 0.3) is 0 Å². The molecule has 0 fully saturated rings. The molecule has 0 atom stereocenters. The highest BCUT2D eigenvalue weighted by Crippen LogP contribution is 2.14. The molecule has 5 nitrogen and oxygen atoms in total. The number of halogens is 3. The first kappa shape index (κ1) is 14.4. The van der Waals surface area contributed by atoms with Crippen molar-refractivity contribution in [3.63, 3.8) is 0 Å². The Bertz CT molecular complexity index is 585. The van der Waals surface area contributed by atoms with Gasteiger partial charge in [0.05, 0.1) is 6.20 Å². The van der Waals surface area contributed by atoms with Gasteiger partial charge in [0, 0.05) is 12.2 Å². The molecule has 9 heteroatoms. The second kappa shape index (κ2) is 5.52. The first-order valence-electron chi connectivity index (χ1n) is 6.04. The summed E-state index contributed by atoms with van der Waals surface area (Å²) in [7, 11) is 0.